The molecule has 3 rings (SSSR count). The summed E-state index contributed by atoms with van der Waals surface area (Å²) in [6.45, 7) is 0.112. The van der Waals surface area contributed by atoms with E-state index in [4.69, 9.17) is 4.74 Å². The lowest BCUT2D eigenvalue weighted by Gasteiger charge is -2.08. The van der Waals surface area contributed by atoms with Crippen LogP contribution in [0.5, 0.6) is 5.75 Å². The van der Waals surface area contributed by atoms with Gasteiger partial charge >= 0.3 is 0 Å². The number of nitrogens with zero attached hydrogens (tertiary/aromatic N) is 2. The molecule has 2 aromatic carbocycles. The van der Waals surface area contributed by atoms with E-state index < -0.39 is 0 Å². The molecule has 138 valence electrons. The Bertz CT molecular complexity index is 983. The summed E-state index contributed by atoms with van der Waals surface area (Å²) in [6, 6.07) is 14.4. The zero-order chi connectivity index (χ0) is 19.2. The molecule has 0 saturated heterocycles. The van der Waals surface area contributed by atoms with Gasteiger partial charge < -0.3 is 10.1 Å². The molecule has 0 atom stereocenters. The van der Waals surface area contributed by atoms with E-state index in [-0.39, 0.29) is 30.4 Å². The quantitative estimate of drug-likeness (QED) is 0.726. The molecule has 0 aliphatic rings. The molecule has 0 aliphatic carbocycles. The minimum absolute atomic E-state index is 0.143. The van der Waals surface area contributed by atoms with Crippen LogP contribution in [0.15, 0.2) is 65.7 Å². The minimum atomic E-state index is -0.334. The molecule has 0 saturated carbocycles. The Hall–Kier alpha value is -3.48. The fourth-order valence-corrected chi connectivity index (χ4v) is 2.48. The number of benzene rings is 2. The number of ether oxygens (including phenoxy) is 1. The summed E-state index contributed by atoms with van der Waals surface area (Å²) in [4.78, 5) is 28.6. The Kier molecular flexibility index (Phi) is 5.61. The van der Waals surface area contributed by atoms with Crippen LogP contribution in [0.3, 0.4) is 0 Å². The van der Waals surface area contributed by atoms with Crippen LogP contribution in [0.2, 0.25) is 0 Å². The molecule has 6 nitrogen and oxygen atoms in total. The van der Waals surface area contributed by atoms with Crippen LogP contribution in [0.1, 0.15) is 5.56 Å². The van der Waals surface area contributed by atoms with E-state index in [9.17, 15) is 14.0 Å². The standard InChI is InChI=1S/C20H18FN3O3/c1-27-17-8-4-15(5-9-17)18-10-20(26)24(13-23-18)12-19(25)22-11-14-2-6-16(21)7-3-14/h2-10,13H,11-12H2,1H3,(H,22,25). The lowest BCUT2D eigenvalue weighted by molar-refractivity contribution is -0.121. The first-order valence-corrected chi connectivity index (χ1v) is 8.27. The molecule has 1 heterocycles. The van der Waals surface area contributed by atoms with Crippen LogP contribution in [-0.4, -0.2) is 22.6 Å². The Labute approximate surface area is 155 Å². The van der Waals surface area contributed by atoms with E-state index >= 15 is 0 Å². The molecule has 0 fully saturated rings. The number of hydrogen-bond donors (Lipinski definition) is 1. The average molecular weight is 367 g/mol. The first-order chi connectivity index (χ1) is 13.0. The van der Waals surface area contributed by atoms with Crippen molar-refractivity contribution in [1.82, 2.24) is 14.9 Å². The number of hydrogen-bond acceptors (Lipinski definition) is 4. The highest BCUT2D eigenvalue weighted by atomic mass is 19.1. The van der Waals surface area contributed by atoms with Gasteiger partial charge in [-0.25, -0.2) is 9.37 Å². The molecule has 1 N–H and O–H groups in total. The van der Waals surface area contributed by atoms with Crippen molar-refractivity contribution in [3.8, 4) is 17.0 Å². The zero-order valence-electron chi connectivity index (χ0n) is 14.7. The number of nitrogens with one attached hydrogen (secondary N) is 1. The molecule has 0 radical (unpaired) electrons. The van der Waals surface area contributed by atoms with Crippen molar-refractivity contribution in [3.63, 3.8) is 0 Å². The van der Waals surface area contributed by atoms with Gasteiger partial charge in [0.25, 0.3) is 5.56 Å². The molecule has 0 spiro atoms. The second-order valence-electron chi connectivity index (χ2n) is 5.87. The van der Waals surface area contributed by atoms with E-state index in [0.29, 0.717) is 11.4 Å². The Morgan fingerprint density at radius 2 is 1.85 bits per heavy atom. The summed E-state index contributed by atoms with van der Waals surface area (Å²) in [6.07, 6.45) is 1.35. The van der Waals surface area contributed by atoms with Crippen molar-refractivity contribution >= 4 is 5.91 Å². The van der Waals surface area contributed by atoms with E-state index in [1.165, 1.54) is 29.1 Å². The van der Waals surface area contributed by atoms with Gasteiger partial charge in [-0.3, -0.25) is 14.2 Å². The Morgan fingerprint density at radius 3 is 2.48 bits per heavy atom. The maximum Gasteiger partial charge on any atom is 0.254 e. The normalized spacial score (nSPS) is 10.4. The van der Waals surface area contributed by atoms with Gasteiger partial charge in [-0.1, -0.05) is 12.1 Å². The molecular weight excluding hydrogens is 349 g/mol. The summed E-state index contributed by atoms with van der Waals surface area (Å²) in [7, 11) is 1.58. The number of aromatic nitrogens is 2. The first kappa shape index (κ1) is 18.3. The lowest BCUT2D eigenvalue weighted by Crippen LogP contribution is -2.31. The first-order valence-electron chi connectivity index (χ1n) is 8.27. The van der Waals surface area contributed by atoms with Gasteiger partial charge in [0.2, 0.25) is 5.91 Å². The number of halogens is 1. The van der Waals surface area contributed by atoms with Crippen molar-refractivity contribution < 1.29 is 13.9 Å². The number of amides is 1. The largest absolute Gasteiger partial charge is 0.497 e. The number of carbonyl (C=O) groups excluding carboxylic acids is 1. The van der Waals surface area contributed by atoms with E-state index in [1.807, 2.05) is 0 Å². The van der Waals surface area contributed by atoms with E-state index in [0.717, 1.165) is 11.1 Å². The van der Waals surface area contributed by atoms with Crippen LogP contribution < -0.4 is 15.6 Å². The van der Waals surface area contributed by atoms with Crippen LogP contribution in [0.25, 0.3) is 11.3 Å². The molecule has 1 aromatic heterocycles. The van der Waals surface area contributed by atoms with Crippen LogP contribution in [0.4, 0.5) is 4.39 Å². The fourth-order valence-electron chi connectivity index (χ4n) is 2.48. The predicted octanol–water partition coefficient (Wildman–Crippen LogP) is 2.37. The predicted molar refractivity (Wildman–Crippen MR) is 98.7 cm³/mol. The highest BCUT2D eigenvalue weighted by molar-refractivity contribution is 5.75. The number of methoxy groups -OCH3 is 1. The van der Waals surface area contributed by atoms with Crippen molar-refractivity contribution in [3.05, 3.63) is 82.7 Å². The van der Waals surface area contributed by atoms with E-state index in [1.54, 1.807) is 43.5 Å². The SMILES string of the molecule is COc1ccc(-c2cc(=O)n(CC(=O)NCc3ccc(F)cc3)cn2)cc1. The van der Waals surface area contributed by atoms with Gasteiger partial charge in [-0.15, -0.1) is 0 Å². The van der Waals surface area contributed by atoms with Crippen molar-refractivity contribution in [2.24, 2.45) is 0 Å². The Morgan fingerprint density at radius 1 is 1.15 bits per heavy atom. The summed E-state index contributed by atoms with van der Waals surface area (Å²) < 4.78 is 19.2. The monoisotopic (exact) mass is 367 g/mol. The molecule has 7 heteroatoms. The van der Waals surface area contributed by atoms with Gasteiger partial charge in [-0.05, 0) is 42.0 Å². The lowest BCUT2D eigenvalue weighted by atomic mass is 10.1. The van der Waals surface area contributed by atoms with Gasteiger partial charge in [0.15, 0.2) is 0 Å². The number of carbonyl (C=O) groups is 1. The second-order valence-corrected chi connectivity index (χ2v) is 5.87. The summed E-state index contributed by atoms with van der Waals surface area (Å²) in [5.74, 6) is 0.0463. The van der Waals surface area contributed by atoms with Crippen LogP contribution in [0, 0.1) is 5.82 Å². The van der Waals surface area contributed by atoms with Crippen LogP contribution >= 0.6 is 0 Å². The van der Waals surface area contributed by atoms with Gasteiger partial charge in [-0.2, -0.15) is 0 Å². The maximum atomic E-state index is 12.9. The number of rotatable bonds is 6. The molecule has 3 aromatic rings. The third-order valence-corrected chi connectivity index (χ3v) is 3.98. The fraction of sp³-hybridized carbons (Fsp3) is 0.150. The smallest absolute Gasteiger partial charge is 0.254 e. The van der Waals surface area contributed by atoms with Gasteiger partial charge in [0.1, 0.15) is 18.1 Å². The third-order valence-electron chi connectivity index (χ3n) is 3.98. The topological polar surface area (TPSA) is 73.2 Å². The highest BCUT2D eigenvalue weighted by Gasteiger charge is 2.07. The maximum absolute atomic E-state index is 12.9. The van der Waals surface area contributed by atoms with Gasteiger partial charge in [0.05, 0.1) is 19.1 Å². The van der Waals surface area contributed by atoms with Crippen molar-refractivity contribution in [2.75, 3.05) is 7.11 Å². The van der Waals surface area contributed by atoms with Crippen LogP contribution in [-0.2, 0) is 17.9 Å². The van der Waals surface area contributed by atoms with E-state index in [2.05, 4.69) is 10.3 Å². The highest BCUT2D eigenvalue weighted by Crippen LogP contribution is 2.19. The molecule has 0 bridgehead atoms. The van der Waals surface area contributed by atoms with Crippen molar-refractivity contribution in [2.45, 2.75) is 13.1 Å². The van der Waals surface area contributed by atoms with Gasteiger partial charge in [0, 0.05) is 18.2 Å². The average Bonchev–Trinajstić information content (AvgIpc) is 2.69. The minimum Gasteiger partial charge on any atom is -0.497 e. The molecule has 0 aliphatic heterocycles. The summed E-state index contributed by atoms with van der Waals surface area (Å²) >= 11 is 0. The zero-order valence-corrected chi connectivity index (χ0v) is 14.7. The molecule has 1 amide bonds. The molecular formula is C20H18FN3O3. The molecule has 0 unspecified atom stereocenters. The van der Waals surface area contributed by atoms with Crippen molar-refractivity contribution in [1.29, 1.82) is 0 Å². The Balaban J connectivity index is 1.63. The summed E-state index contributed by atoms with van der Waals surface area (Å²) in [5.41, 5.74) is 1.74. The third kappa shape index (κ3) is 4.78. The molecule has 27 heavy (non-hydrogen) atoms. The second kappa shape index (κ2) is 8.27. The summed E-state index contributed by atoms with van der Waals surface area (Å²) in [5, 5.41) is 2.69.